The quantitative estimate of drug-likeness (QED) is 0.692. The summed E-state index contributed by atoms with van der Waals surface area (Å²) in [6, 6.07) is 19.0. The van der Waals surface area contributed by atoms with Crippen LogP contribution in [0.2, 0.25) is 0 Å². The van der Waals surface area contributed by atoms with Crippen LogP contribution >= 0.6 is 0 Å². The first-order valence-corrected chi connectivity index (χ1v) is 7.99. The minimum Gasteiger partial charge on any atom is -0.494 e. The van der Waals surface area contributed by atoms with Crippen LogP contribution in [0.25, 0.3) is 0 Å². The molecule has 0 unspecified atom stereocenters. The predicted molar refractivity (Wildman–Crippen MR) is 92.7 cm³/mol. The van der Waals surface area contributed by atoms with Crippen molar-refractivity contribution in [2.45, 2.75) is 12.8 Å². The van der Waals surface area contributed by atoms with Gasteiger partial charge in [0, 0.05) is 6.54 Å². The number of hydrogen-bond acceptors (Lipinski definition) is 3. The second kappa shape index (κ2) is 10.0. The molecule has 0 fully saturated rings. The Hall–Kier alpha value is -2.82. The van der Waals surface area contributed by atoms with Gasteiger partial charge in [0.05, 0.1) is 19.6 Å². The summed E-state index contributed by atoms with van der Waals surface area (Å²) in [6.07, 6.45) is 0.984. The molecule has 0 atom stereocenters. The van der Waals surface area contributed by atoms with E-state index in [4.69, 9.17) is 4.74 Å². The van der Waals surface area contributed by atoms with Crippen molar-refractivity contribution in [3.05, 3.63) is 66.2 Å². The van der Waals surface area contributed by atoms with Crippen LogP contribution in [-0.2, 0) is 16.0 Å². The Morgan fingerprint density at radius 3 is 2.21 bits per heavy atom. The molecule has 2 N–H and O–H groups in total. The Labute approximate surface area is 142 Å². The molecule has 0 aliphatic heterocycles. The Morgan fingerprint density at radius 2 is 1.50 bits per heavy atom. The maximum Gasteiger partial charge on any atom is 0.239 e. The van der Waals surface area contributed by atoms with Crippen molar-refractivity contribution in [2.24, 2.45) is 0 Å². The lowest BCUT2D eigenvalue weighted by Crippen LogP contribution is -2.38. The molecule has 24 heavy (non-hydrogen) atoms. The number of rotatable bonds is 9. The molecule has 2 amide bonds. The molecule has 0 bridgehead atoms. The topological polar surface area (TPSA) is 67.4 Å². The van der Waals surface area contributed by atoms with E-state index in [1.165, 1.54) is 0 Å². The molecule has 0 saturated carbocycles. The van der Waals surface area contributed by atoms with Crippen molar-refractivity contribution in [1.29, 1.82) is 0 Å². The number of hydrogen-bond donors (Lipinski definition) is 2. The summed E-state index contributed by atoms with van der Waals surface area (Å²) in [4.78, 5) is 23.4. The van der Waals surface area contributed by atoms with Gasteiger partial charge in [-0.15, -0.1) is 0 Å². The van der Waals surface area contributed by atoms with Gasteiger partial charge in [0.15, 0.2) is 0 Å². The van der Waals surface area contributed by atoms with Gasteiger partial charge in [-0.25, -0.2) is 0 Å². The van der Waals surface area contributed by atoms with Crippen molar-refractivity contribution in [1.82, 2.24) is 10.6 Å². The summed E-state index contributed by atoms with van der Waals surface area (Å²) in [7, 11) is 0. The monoisotopic (exact) mass is 326 g/mol. The predicted octanol–water partition coefficient (Wildman–Crippen LogP) is 1.93. The van der Waals surface area contributed by atoms with Crippen molar-refractivity contribution in [3.8, 4) is 5.75 Å². The molecule has 0 aliphatic rings. The summed E-state index contributed by atoms with van der Waals surface area (Å²) < 4.78 is 5.53. The van der Waals surface area contributed by atoms with Gasteiger partial charge in [-0.3, -0.25) is 9.59 Å². The third-order valence-electron chi connectivity index (χ3n) is 3.31. The van der Waals surface area contributed by atoms with Crippen molar-refractivity contribution >= 4 is 11.8 Å². The fourth-order valence-electron chi connectivity index (χ4n) is 2.09. The van der Waals surface area contributed by atoms with Gasteiger partial charge in [0.1, 0.15) is 5.75 Å². The van der Waals surface area contributed by atoms with E-state index < -0.39 is 0 Å². The largest absolute Gasteiger partial charge is 0.494 e. The normalized spacial score (nSPS) is 10.0. The number of carbonyl (C=O) groups excluding carboxylic acids is 2. The fourth-order valence-corrected chi connectivity index (χ4v) is 2.09. The van der Waals surface area contributed by atoms with Gasteiger partial charge in [-0.2, -0.15) is 0 Å². The second-order valence-electron chi connectivity index (χ2n) is 5.30. The van der Waals surface area contributed by atoms with Gasteiger partial charge in [-0.05, 0) is 24.1 Å². The molecule has 126 valence electrons. The maximum atomic E-state index is 11.7. The minimum atomic E-state index is -0.198. The first kappa shape index (κ1) is 17.5. The van der Waals surface area contributed by atoms with Crippen molar-refractivity contribution < 1.29 is 14.3 Å². The van der Waals surface area contributed by atoms with Gasteiger partial charge in [-0.1, -0.05) is 48.5 Å². The number of nitrogens with one attached hydrogen (secondary N) is 2. The van der Waals surface area contributed by atoms with Crippen molar-refractivity contribution in [2.75, 3.05) is 19.7 Å². The Kier molecular flexibility index (Phi) is 7.34. The molecule has 2 aromatic rings. The van der Waals surface area contributed by atoms with E-state index in [-0.39, 0.29) is 24.8 Å². The highest BCUT2D eigenvalue weighted by atomic mass is 16.5. The smallest absolute Gasteiger partial charge is 0.239 e. The lowest BCUT2D eigenvalue weighted by Gasteiger charge is -2.08. The molecule has 2 aromatic carbocycles. The lowest BCUT2D eigenvalue weighted by atomic mass is 10.1. The number of carbonyl (C=O) groups is 2. The Morgan fingerprint density at radius 1 is 0.833 bits per heavy atom. The van der Waals surface area contributed by atoms with Crippen LogP contribution in [0.15, 0.2) is 60.7 Å². The van der Waals surface area contributed by atoms with E-state index >= 15 is 0 Å². The van der Waals surface area contributed by atoms with Gasteiger partial charge >= 0.3 is 0 Å². The average Bonchev–Trinajstić information content (AvgIpc) is 2.61. The molecule has 0 spiro atoms. The van der Waals surface area contributed by atoms with Gasteiger partial charge < -0.3 is 15.4 Å². The van der Waals surface area contributed by atoms with E-state index in [0.717, 1.165) is 11.3 Å². The molecule has 5 nitrogen and oxygen atoms in total. The first-order chi connectivity index (χ1) is 11.7. The summed E-state index contributed by atoms with van der Waals surface area (Å²) in [5.41, 5.74) is 0.925. The molecule has 0 aromatic heterocycles. The van der Waals surface area contributed by atoms with E-state index in [1.807, 2.05) is 60.7 Å². The van der Waals surface area contributed by atoms with Crippen LogP contribution < -0.4 is 15.4 Å². The van der Waals surface area contributed by atoms with E-state index in [1.54, 1.807) is 0 Å². The van der Waals surface area contributed by atoms with Crippen LogP contribution in [0.1, 0.15) is 12.0 Å². The first-order valence-electron chi connectivity index (χ1n) is 7.99. The van der Waals surface area contributed by atoms with Crippen LogP contribution in [0.3, 0.4) is 0 Å². The molecule has 0 radical (unpaired) electrons. The zero-order chi connectivity index (χ0) is 17.0. The SMILES string of the molecule is O=C(CNC(=O)Cc1ccccc1)NCCCOc1ccccc1. The number of benzene rings is 2. The number of ether oxygens (including phenoxy) is 1. The van der Waals surface area contributed by atoms with Crippen LogP contribution in [0.4, 0.5) is 0 Å². The lowest BCUT2D eigenvalue weighted by molar-refractivity contribution is -0.125. The molecule has 5 heteroatoms. The fraction of sp³-hybridized carbons (Fsp3) is 0.263. The molecule has 2 rings (SSSR count). The average molecular weight is 326 g/mol. The summed E-state index contributed by atoms with van der Waals surface area (Å²) in [5.74, 6) is 0.455. The third kappa shape index (κ3) is 6.96. The standard InChI is InChI=1S/C19H22N2O3/c22-18(14-16-8-3-1-4-9-16)21-15-19(23)20-12-7-13-24-17-10-5-2-6-11-17/h1-6,8-11H,7,12-15H2,(H,20,23)(H,21,22). The molecule has 0 aliphatic carbocycles. The molecule has 0 saturated heterocycles. The van der Waals surface area contributed by atoms with Crippen LogP contribution in [0, 0.1) is 0 Å². The molecule has 0 heterocycles. The Bertz CT molecular complexity index is 630. The number of amides is 2. The molecular weight excluding hydrogens is 304 g/mol. The van der Waals surface area contributed by atoms with Crippen LogP contribution in [0.5, 0.6) is 5.75 Å². The zero-order valence-corrected chi connectivity index (χ0v) is 13.5. The highest BCUT2D eigenvalue weighted by molar-refractivity contribution is 5.85. The summed E-state index contributed by atoms with van der Waals surface area (Å²) in [6.45, 7) is 1.04. The van der Waals surface area contributed by atoms with Crippen molar-refractivity contribution in [3.63, 3.8) is 0 Å². The second-order valence-corrected chi connectivity index (χ2v) is 5.30. The summed E-state index contributed by atoms with van der Waals surface area (Å²) in [5, 5.41) is 5.37. The molecular formula is C19H22N2O3. The van der Waals surface area contributed by atoms with E-state index in [0.29, 0.717) is 19.6 Å². The van der Waals surface area contributed by atoms with E-state index in [2.05, 4.69) is 10.6 Å². The van der Waals surface area contributed by atoms with E-state index in [9.17, 15) is 9.59 Å². The zero-order valence-electron chi connectivity index (χ0n) is 13.5. The highest BCUT2D eigenvalue weighted by Crippen LogP contribution is 2.07. The third-order valence-corrected chi connectivity index (χ3v) is 3.31. The minimum absolute atomic E-state index is 0.00872. The van der Waals surface area contributed by atoms with Crippen LogP contribution in [-0.4, -0.2) is 31.5 Å². The summed E-state index contributed by atoms with van der Waals surface area (Å²) >= 11 is 0. The Balaban J connectivity index is 1.52. The highest BCUT2D eigenvalue weighted by Gasteiger charge is 2.06. The van der Waals surface area contributed by atoms with Gasteiger partial charge in [0.25, 0.3) is 0 Å². The van der Waals surface area contributed by atoms with Gasteiger partial charge in [0.2, 0.25) is 11.8 Å². The maximum absolute atomic E-state index is 11.7. The number of para-hydroxylation sites is 1.